The molecule has 0 unspecified atom stereocenters. The molecule has 6 heteroatoms. The van der Waals surface area contributed by atoms with Gasteiger partial charge in [-0.25, -0.2) is 9.97 Å². The third kappa shape index (κ3) is 2.01. The number of rotatable bonds is 2. The molecule has 21 heavy (non-hydrogen) atoms. The van der Waals surface area contributed by atoms with Gasteiger partial charge in [-0.3, -0.25) is 4.57 Å². The molecule has 3 aromatic rings. The SMILES string of the molecule is COc1ccc(Cl)c(-n2c(C)c(C)c3c(N)ncnc32)c1. The lowest BCUT2D eigenvalue weighted by molar-refractivity contribution is 0.414. The maximum Gasteiger partial charge on any atom is 0.150 e. The number of methoxy groups -OCH3 is 1. The first-order valence-corrected chi connectivity index (χ1v) is 6.84. The lowest BCUT2D eigenvalue weighted by atomic mass is 10.2. The van der Waals surface area contributed by atoms with E-state index in [1.807, 2.05) is 30.5 Å². The van der Waals surface area contributed by atoms with Gasteiger partial charge in [0.25, 0.3) is 0 Å². The van der Waals surface area contributed by atoms with Gasteiger partial charge in [0.15, 0.2) is 5.65 Å². The second-order valence-corrected chi connectivity index (χ2v) is 5.23. The van der Waals surface area contributed by atoms with Crippen molar-refractivity contribution < 1.29 is 4.74 Å². The van der Waals surface area contributed by atoms with E-state index in [0.29, 0.717) is 10.8 Å². The number of nitrogens with two attached hydrogens (primary N) is 1. The predicted molar refractivity (Wildman–Crippen MR) is 84.3 cm³/mol. The number of aromatic nitrogens is 3. The standard InChI is InChI=1S/C15H15ClN4O/c1-8-9(2)20(15-13(8)14(17)18-7-19-15)12-6-10(21-3)4-5-11(12)16/h4-7H,1-3H3,(H2,17,18,19). The number of nitrogens with zero attached hydrogens (tertiary/aromatic N) is 3. The minimum absolute atomic E-state index is 0.471. The summed E-state index contributed by atoms with van der Waals surface area (Å²) in [5, 5.41) is 1.47. The van der Waals surface area contributed by atoms with Crippen molar-refractivity contribution in [3.8, 4) is 11.4 Å². The normalized spacial score (nSPS) is 11.0. The summed E-state index contributed by atoms with van der Waals surface area (Å²) in [5.41, 5.74) is 9.61. The average molecular weight is 303 g/mol. The zero-order valence-electron chi connectivity index (χ0n) is 12.0. The lowest BCUT2D eigenvalue weighted by Crippen LogP contribution is -2.00. The highest BCUT2D eigenvalue weighted by atomic mass is 35.5. The molecule has 0 spiro atoms. The zero-order chi connectivity index (χ0) is 15.1. The van der Waals surface area contributed by atoms with Gasteiger partial charge < -0.3 is 10.5 Å². The molecule has 2 heterocycles. The van der Waals surface area contributed by atoms with Crippen LogP contribution in [0.15, 0.2) is 24.5 Å². The van der Waals surface area contributed by atoms with Crippen LogP contribution < -0.4 is 10.5 Å². The van der Waals surface area contributed by atoms with Crippen molar-refractivity contribution in [2.45, 2.75) is 13.8 Å². The molecule has 0 aliphatic heterocycles. The number of aryl methyl sites for hydroxylation is 1. The molecular weight excluding hydrogens is 288 g/mol. The molecule has 0 fully saturated rings. The van der Waals surface area contributed by atoms with Crippen molar-refractivity contribution in [3.63, 3.8) is 0 Å². The molecule has 0 aliphatic rings. The molecule has 0 amide bonds. The van der Waals surface area contributed by atoms with Crippen molar-refractivity contribution in [1.82, 2.24) is 14.5 Å². The Morgan fingerprint density at radius 3 is 2.71 bits per heavy atom. The molecule has 0 saturated carbocycles. The van der Waals surface area contributed by atoms with E-state index in [4.69, 9.17) is 22.1 Å². The van der Waals surface area contributed by atoms with Crippen LogP contribution in [0.4, 0.5) is 5.82 Å². The highest BCUT2D eigenvalue weighted by molar-refractivity contribution is 6.32. The van der Waals surface area contributed by atoms with Gasteiger partial charge in [-0.1, -0.05) is 11.6 Å². The summed E-state index contributed by atoms with van der Waals surface area (Å²) in [6, 6.07) is 5.51. The van der Waals surface area contributed by atoms with E-state index in [1.54, 1.807) is 13.2 Å². The van der Waals surface area contributed by atoms with E-state index in [9.17, 15) is 0 Å². The fourth-order valence-electron chi connectivity index (χ4n) is 2.51. The fraction of sp³-hybridized carbons (Fsp3) is 0.200. The third-order valence-electron chi connectivity index (χ3n) is 3.72. The molecule has 0 saturated heterocycles. The first-order chi connectivity index (χ1) is 10.0. The topological polar surface area (TPSA) is 66.0 Å². The van der Waals surface area contributed by atoms with Crippen LogP contribution in [0.1, 0.15) is 11.3 Å². The Morgan fingerprint density at radius 1 is 1.24 bits per heavy atom. The second-order valence-electron chi connectivity index (χ2n) is 4.82. The summed E-state index contributed by atoms with van der Waals surface area (Å²) < 4.78 is 7.26. The second kappa shape index (κ2) is 4.93. The van der Waals surface area contributed by atoms with Crippen LogP contribution in [-0.2, 0) is 0 Å². The Bertz CT molecular complexity index is 841. The van der Waals surface area contributed by atoms with Crippen molar-refractivity contribution in [2.75, 3.05) is 12.8 Å². The van der Waals surface area contributed by atoms with Crippen LogP contribution in [0.25, 0.3) is 16.7 Å². The molecule has 0 radical (unpaired) electrons. The highest BCUT2D eigenvalue weighted by Gasteiger charge is 2.18. The van der Waals surface area contributed by atoms with E-state index in [-0.39, 0.29) is 0 Å². The summed E-state index contributed by atoms with van der Waals surface area (Å²) in [6.45, 7) is 4.01. The molecule has 2 aromatic heterocycles. The average Bonchev–Trinajstić information content (AvgIpc) is 2.73. The van der Waals surface area contributed by atoms with Crippen molar-refractivity contribution >= 4 is 28.5 Å². The molecule has 3 rings (SSSR count). The number of hydrogen-bond acceptors (Lipinski definition) is 4. The summed E-state index contributed by atoms with van der Waals surface area (Å²) in [4.78, 5) is 8.44. The Labute approximate surface area is 127 Å². The van der Waals surface area contributed by atoms with Gasteiger partial charge in [0.2, 0.25) is 0 Å². The van der Waals surface area contributed by atoms with Crippen molar-refractivity contribution in [3.05, 3.63) is 40.8 Å². The van der Waals surface area contributed by atoms with E-state index in [1.165, 1.54) is 6.33 Å². The van der Waals surface area contributed by atoms with Crippen molar-refractivity contribution in [2.24, 2.45) is 0 Å². The van der Waals surface area contributed by atoms with Gasteiger partial charge >= 0.3 is 0 Å². The molecule has 1 aromatic carbocycles. The summed E-state index contributed by atoms with van der Waals surface area (Å²) >= 11 is 6.36. The van der Waals surface area contributed by atoms with Crippen LogP contribution in [0.3, 0.4) is 0 Å². The van der Waals surface area contributed by atoms with E-state index >= 15 is 0 Å². The maximum atomic E-state index is 6.36. The van der Waals surface area contributed by atoms with Gasteiger partial charge in [0.1, 0.15) is 17.9 Å². The minimum atomic E-state index is 0.471. The van der Waals surface area contributed by atoms with Crippen LogP contribution in [0.2, 0.25) is 5.02 Å². The minimum Gasteiger partial charge on any atom is -0.497 e. The largest absolute Gasteiger partial charge is 0.497 e. The zero-order valence-corrected chi connectivity index (χ0v) is 12.8. The quantitative estimate of drug-likeness (QED) is 0.789. The third-order valence-corrected chi connectivity index (χ3v) is 4.04. The van der Waals surface area contributed by atoms with Crippen LogP contribution in [-0.4, -0.2) is 21.6 Å². The lowest BCUT2D eigenvalue weighted by Gasteiger charge is -2.11. The maximum absolute atomic E-state index is 6.36. The Morgan fingerprint density at radius 2 is 2.00 bits per heavy atom. The molecule has 0 atom stereocenters. The van der Waals surface area contributed by atoms with Crippen LogP contribution in [0, 0.1) is 13.8 Å². The number of benzene rings is 1. The Kier molecular flexibility index (Phi) is 3.22. The van der Waals surface area contributed by atoms with Crippen LogP contribution >= 0.6 is 11.6 Å². The fourth-order valence-corrected chi connectivity index (χ4v) is 2.71. The molecule has 5 nitrogen and oxygen atoms in total. The summed E-state index contributed by atoms with van der Waals surface area (Å²) in [6.07, 6.45) is 1.46. The van der Waals surface area contributed by atoms with Gasteiger partial charge in [0, 0.05) is 11.8 Å². The highest BCUT2D eigenvalue weighted by Crippen LogP contribution is 2.34. The van der Waals surface area contributed by atoms with Crippen molar-refractivity contribution in [1.29, 1.82) is 0 Å². The number of ether oxygens (including phenoxy) is 1. The molecule has 2 N–H and O–H groups in total. The van der Waals surface area contributed by atoms with Crippen LogP contribution in [0.5, 0.6) is 5.75 Å². The molecule has 0 bridgehead atoms. The van der Waals surface area contributed by atoms with Gasteiger partial charge in [-0.2, -0.15) is 0 Å². The molecule has 0 aliphatic carbocycles. The Hall–Kier alpha value is -2.27. The Balaban J connectivity index is 2.41. The van der Waals surface area contributed by atoms with Gasteiger partial charge in [0.05, 0.1) is 23.2 Å². The number of fused-ring (bicyclic) bond motifs is 1. The van der Waals surface area contributed by atoms with Gasteiger partial charge in [-0.05, 0) is 31.5 Å². The first kappa shape index (κ1) is 13.7. The number of halogens is 1. The summed E-state index contributed by atoms with van der Waals surface area (Å²) in [5.74, 6) is 1.20. The number of anilines is 1. The molecule has 108 valence electrons. The monoisotopic (exact) mass is 302 g/mol. The number of hydrogen-bond donors (Lipinski definition) is 1. The molecular formula is C15H15ClN4O. The predicted octanol–water partition coefficient (Wildman–Crippen LogP) is 3.28. The van der Waals surface area contributed by atoms with Gasteiger partial charge in [-0.15, -0.1) is 0 Å². The number of nitrogen functional groups attached to an aromatic ring is 1. The smallest absolute Gasteiger partial charge is 0.150 e. The van der Waals surface area contributed by atoms with E-state index in [0.717, 1.165) is 33.7 Å². The van der Waals surface area contributed by atoms with E-state index in [2.05, 4.69) is 9.97 Å². The van der Waals surface area contributed by atoms with E-state index < -0.39 is 0 Å². The first-order valence-electron chi connectivity index (χ1n) is 6.46. The summed E-state index contributed by atoms with van der Waals surface area (Å²) in [7, 11) is 1.62.